The van der Waals surface area contributed by atoms with Gasteiger partial charge in [-0.2, -0.15) is 0 Å². The summed E-state index contributed by atoms with van der Waals surface area (Å²) in [5, 5.41) is 2.95. The van der Waals surface area contributed by atoms with Gasteiger partial charge < -0.3 is 15.1 Å². The molecule has 0 aliphatic carbocycles. The highest BCUT2D eigenvalue weighted by Gasteiger charge is 2.22. The van der Waals surface area contributed by atoms with E-state index in [9.17, 15) is 4.79 Å². The number of rotatable bonds is 3. The number of anilines is 2. The number of aromatic nitrogens is 2. The van der Waals surface area contributed by atoms with Gasteiger partial charge >= 0.3 is 0 Å². The third-order valence-electron chi connectivity index (χ3n) is 3.42. The molecule has 6 nitrogen and oxygen atoms in total. The minimum Gasteiger partial charge on any atom is -0.363 e. The standard InChI is InChI=1S/C15H21N5O/c1-4-6-15(21)18-12-7-5-8-20(10-12)14-9-13(19(2)3)16-11-17-14/h9,11-12H,5,7-8,10H2,1-3H3,(H,18,21). The summed E-state index contributed by atoms with van der Waals surface area (Å²) in [6, 6.07) is 2.08. The molecule has 1 aliphatic rings. The Hall–Kier alpha value is -2.29. The van der Waals surface area contributed by atoms with Gasteiger partial charge in [0.05, 0.1) is 0 Å². The Bertz CT molecular complexity index is 561. The molecule has 1 aliphatic heterocycles. The van der Waals surface area contributed by atoms with Crippen molar-refractivity contribution in [1.82, 2.24) is 15.3 Å². The highest BCUT2D eigenvalue weighted by atomic mass is 16.1. The van der Waals surface area contributed by atoms with Gasteiger partial charge in [0, 0.05) is 39.3 Å². The number of nitrogens with one attached hydrogen (secondary N) is 1. The van der Waals surface area contributed by atoms with Crippen LogP contribution in [-0.4, -0.2) is 49.1 Å². The molecule has 0 spiro atoms. The normalized spacial score (nSPS) is 17.7. The minimum atomic E-state index is -0.207. The van der Waals surface area contributed by atoms with Crippen LogP contribution in [0.3, 0.4) is 0 Å². The van der Waals surface area contributed by atoms with Gasteiger partial charge in [0.1, 0.15) is 18.0 Å². The Labute approximate surface area is 125 Å². The number of carbonyl (C=O) groups is 1. The molecule has 0 saturated carbocycles. The molecule has 1 N–H and O–H groups in total. The molecule has 1 amide bonds. The van der Waals surface area contributed by atoms with E-state index >= 15 is 0 Å². The molecule has 2 heterocycles. The summed E-state index contributed by atoms with van der Waals surface area (Å²) in [5.74, 6) is 6.71. The topological polar surface area (TPSA) is 61.4 Å². The lowest BCUT2D eigenvalue weighted by Crippen LogP contribution is -2.47. The largest absolute Gasteiger partial charge is 0.363 e. The summed E-state index contributed by atoms with van der Waals surface area (Å²) in [5.41, 5.74) is 0. The molecule has 1 aromatic heterocycles. The van der Waals surface area contributed by atoms with Crippen molar-refractivity contribution >= 4 is 17.5 Å². The van der Waals surface area contributed by atoms with Gasteiger partial charge in [-0.25, -0.2) is 9.97 Å². The van der Waals surface area contributed by atoms with E-state index in [0.29, 0.717) is 0 Å². The van der Waals surface area contributed by atoms with Gasteiger partial charge in [-0.15, -0.1) is 0 Å². The minimum absolute atomic E-state index is 0.116. The van der Waals surface area contributed by atoms with Crippen LogP contribution in [0, 0.1) is 11.8 Å². The highest BCUT2D eigenvalue weighted by molar-refractivity contribution is 5.93. The molecular weight excluding hydrogens is 266 g/mol. The Morgan fingerprint density at radius 2 is 2.29 bits per heavy atom. The zero-order valence-corrected chi connectivity index (χ0v) is 12.8. The Morgan fingerprint density at radius 3 is 3.00 bits per heavy atom. The molecule has 0 aromatic carbocycles. The first-order valence-electron chi connectivity index (χ1n) is 7.07. The van der Waals surface area contributed by atoms with E-state index < -0.39 is 0 Å². The lowest BCUT2D eigenvalue weighted by Gasteiger charge is -2.33. The summed E-state index contributed by atoms with van der Waals surface area (Å²) >= 11 is 0. The van der Waals surface area contributed by atoms with Crippen LogP contribution in [0.15, 0.2) is 12.4 Å². The van der Waals surface area contributed by atoms with Gasteiger partial charge in [-0.1, -0.05) is 5.92 Å². The van der Waals surface area contributed by atoms with E-state index in [2.05, 4.69) is 32.0 Å². The maximum absolute atomic E-state index is 11.6. The van der Waals surface area contributed by atoms with E-state index in [1.54, 1.807) is 13.3 Å². The van der Waals surface area contributed by atoms with Crippen molar-refractivity contribution in [3.63, 3.8) is 0 Å². The third-order valence-corrected chi connectivity index (χ3v) is 3.42. The Morgan fingerprint density at radius 1 is 1.48 bits per heavy atom. The lowest BCUT2D eigenvalue weighted by molar-refractivity contribution is -0.116. The summed E-state index contributed by atoms with van der Waals surface area (Å²) in [6.07, 6.45) is 3.57. The highest BCUT2D eigenvalue weighted by Crippen LogP contribution is 2.20. The number of hydrogen-bond donors (Lipinski definition) is 1. The van der Waals surface area contributed by atoms with Crippen LogP contribution in [0.25, 0.3) is 0 Å². The van der Waals surface area contributed by atoms with Crippen LogP contribution in [0.4, 0.5) is 11.6 Å². The zero-order chi connectivity index (χ0) is 15.2. The van der Waals surface area contributed by atoms with Gasteiger partial charge in [-0.05, 0) is 25.7 Å². The summed E-state index contributed by atoms with van der Waals surface area (Å²) < 4.78 is 0. The number of hydrogen-bond acceptors (Lipinski definition) is 5. The SMILES string of the molecule is CC#CC(=O)NC1CCCN(c2cc(N(C)C)ncn2)C1. The van der Waals surface area contributed by atoms with Crippen molar-refractivity contribution < 1.29 is 4.79 Å². The molecule has 0 bridgehead atoms. The van der Waals surface area contributed by atoms with E-state index in [1.165, 1.54) is 0 Å². The average molecular weight is 287 g/mol. The zero-order valence-electron chi connectivity index (χ0n) is 12.8. The first kappa shape index (κ1) is 15.1. The molecule has 1 fully saturated rings. The maximum atomic E-state index is 11.6. The predicted molar refractivity (Wildman–Crippen MR) is 83.2 cm³/mol. The monoisotopic (exact) mass is 287 g/mol. The molecule has 21 heavy (non-hydrogen) atoms. The molecule has 1 aromatic rings. The van der Waals surface area contributed by atoms with E-state index in [0.717, 1.165) is 37.6 Å². The second kappa shape index (κ2) is 6.93. The fourth-order valence-corrected chi connectivity index (χ4v) is 2.39. The van der Waals surface area contributed by atoms with Crippen LogP contribution < -0.4 is 15.1 Å². The molecule has 6 heteroatoms. The summed E-state index contributed by atoms with van der Waals surface area (Å²) in [4.78, 5) is 24.3. The molecule has 1 saturated heterocycles. The Kier molecular flexibility index (Phi) is 4.99. The number of nitrogens with zero attached hydrogens (tertiary/aromatic N) is 4. The van der Waals surface area contributed by atoms with E-state index in [1.807, 2.05) is 25.1 Å². The van der Waals surface area contributed by atoms with Crippen molar-refractivity contribution in [2.45, 2.75) is 25.8 Å². The first-order chi connectivity index (χ1) is 10.1. The Balaban J connectivity index is 2.04. The van der Waals surface area contributed by atoms with Gasteiger partial charge in [0.25, 0.3) is 5.91 Å². The predicted octanol–water partition coefficient (Wildman–Crippen LogP) is 0.651. The second-order valence-electron chi connectivity index (χ2n) is 5.26. The van der Waals surface area contributed by atoms with Crippen molar-refractivity contribution in [1.29, 1.82) is 0 Å². The molecule has 0 radical (unpaired) electrons. The third kappa shape index (κ3) is 4.09. The first-order valence-corrected chi connectivity index (χ1v) is 7.07. The van der Waals surface area contributed by atoms with Gasteiger partial charge in [0.15, 0.2) is 0 Å². The lowest BCUT2D eigenvalue weighted by atomic mass is 10.1. The van der Waals surface area contributed by atoms with Crippen molar-refractivity contribution in [2.24, 2.45) is 0 Å². The number of carbonyl (C=O) groups excluding carboxylic acids is 1. The van der Waals surface area contributed by atoms with Gasteiger partial charge in [-0.3, -0.25) is 4.79 Å². The molecule has 2 rings (SSSR count). The molecule has 112 valence electrons. The number of amides is 1. The van der Waals surface area contributed by atoms with Crippen molar-refractivity contribution in [3.8, 4) is 11.8 Å². The van der Waals surface area contributed by atoms with Gasteiger partial charge in [0.2, 0.25) is 0 Å². The van der Waals surface area contributed by atoms with Crippen LogP contribution in [0.1, 0.15) is 19.8 Å². The van der Waals surface area contributed by atoms with Crippen LogP contribution in [0.5, 0.6) is 0 Å². The smallest absolute Gasteiger partial charge is 0.296 e. The quantitative estimate of drug-likeness (QED) is 0.827. The van der Waals surface area contributed by atoms with Crippen molar-refractivity contribution in [2.75, 3.05) is 37.0 Å². The average Bonchev–Trinajstić information content (AvgIpc) is 2.48. The fraction of sp³-hybridized carbons (Fsp3) is 0.533. The number of piperidine rings is 1. The van der Waals surface area contributed by atoms with E-state index in [-0.39, 0.29) is 11.9 Å². The summed E-state index contributed by atoms with van der Waals surface area (Å²) in [6.45, 7) is 3.35. The molecule has 1 unspecified atom stereocenters. The van der Waals surface area contributed by atoms with Crippen LogP contribution in [-0.2, 0) is 4.79 Å². The second-order valence-corrected chi connectivity index (χ2v) is 5.26. The maximum Gasteiger partial charge on any atom is 0.296 e. The van der Waals surface area contributed by atoms with Crippen LogP contribution in [0.2, 0.25) is 0 Å². The fourth-order valence-electron chi connectivity index (χ4n) is 2.39. The molecule has 1 atom stereocenters. The summed E-state index contributed by atoms with van der Waals surface area (Å²) in [7, 11) is 3.91. The van der Waals surface area contributed by atoms with Crippen LogP contribution >= 0.6 is 0 Å². The van der Waals surface area contributed by atoms with Crippen molar-refractivity contribution in [3.05, 3.63) is 12.4 Å². The molecular formula is C15H21N5O. The van der Waals surface area contributed by atoms with E-state index in [4.69, 9.17) is 0 Å².